The molecule has 0 aliphatic heterocycles. The average molecular weight is 164 g/mol. The Morgan fingerprint density at radius 1 is 1.57 bits per heavy atom. The van der Waals surface area contributed by atoms with Gasteiger partial charge in [0.25, 0.3) is 0 Å². The zero-order valence-corrected chi connectivity index (χ0v) is 6.75. The van der Waals surface area contributed by atoms with Gasteiger partial charge in [0.2, 0.25) is 0 Å². The smallest absolute Gasteiger partial charge is 0.0122 e. The molecule has 43 valence electrons. The summed E-state index contributed by atoms with van der Waals surface area (Å²) < 4.78 is 0. The molecule has 1 atom stereocenters. The molecule has 0 heterocycles. The highest BCUT2D eigenvalue weighted by atomic mass is 79.9. The highest BCUT2D eigenvalue weighted by molar-refractivity contribution is 9.09. The number of rotatable bonds is 2. The Balaban J connectivity index is 2.95. The van der Waals surface area contributed by atoms with Crippen molar-refractivity contribution < 1.29 is 0 Å². The average Bonchev–Trinajstić information content (AvgIpc) is 1.27. The zero-order valence-electron chi connectivity index (χ0n) is 5.16. The maximum absolute atomic E-state index is 3.45. The number of hydrogen-bond donors (Lipinski definition) is 0. The molecule has 0 aromatic heterocycles. The van der Waals surface area contributed by atoms with Crippen LogP contribution in [0.2, 0.25) is 0 Å². The van der Waals surface area contributed by atoms with Gasteiger partial charge in [-0.15, -0.1) is 0 Å². The van der Waals surface area contributed by atoms with Crippen molar-refractivity contribution in [3.63, 3.8) is 0 Å². The van der Waals surface area contributed by atoms with Crippen LogP contribution in [-0.2, 0) is 0 Å². The SMILES string of the molecule is C[C](C)CC(C)Br. The lowest BCUT2D eigenvalue weighted by molar-refractivity contribution is 0.832. The van der Waals surface area contributed by atoms with Gasteiger partial charge in [-0.3, -0.25) is 0 Å². The van der Waals surface area contributed by atoms with E-state index >= 15 is 0 Å². The Kier molecular flexibility index (Phi) is 3.72. The van der Waals surface area contributed by atoms with E-state index in [1.165, 1.54) is 12.3 Å². The Labute approximate surface area is 54.4 Å². The van der Waals surface area contributed by atoms with Gasteiger partial charge in [0, 0.05) is 4.83 Å². The quantitative estimate of drug-likeness (QED) is 0.550. The lowest BCUT2D eigenvalue weighted by atomic mass is 10.1. The molecule has 0 N–H and O–H groups in total. The molecule has 0 fully saturated rings. The van der Waals surface area contributed by atoms with Crippen molar-refractivity contribution >= 4 is 15.9 Å². The lowest BCUT2D eigenvalue weighted by Crippen LogP contribution is -1.93. The molecule has 0 nitrogen and oxygen atoms in total. The fourth-order valence-electron chi connectivity index (χ4n) is 0.563. The Bertz CT molecular complexity index is 33.4. The standard InChI is InChI=1S/C6H12Br/c1-5(2)4-6(3)7/h6H,4H2,1-3H3. The van der Waals surface area contributed by atoms with E-state index in [2.05, 4.69) is 36.7 Å². The number of hydrogen-bond acceptors (Lipinski definition) is 0. The Morgan fingerprint density at radius 2 is 2.00 bits per heavy atom. The first-order valence-corrected chi connectivity index (χ1v) is 3.47. The van der Waals surface area contributed by atoms with Crippen LogP contribution >= 0.6 is 15.9 Å². The van der Waals surface area contributed by atoms with Crippen LogP contribution in [0.25, 0.3) is 0 Å². The summed E-state index contributed by atoms with van der Waals surface area (Å²) >= 11 is 3.45. The predicted molar refractivity (Wildman–Crippen MR) is 37.6 cm³/mol. The molecule has 0 amide bonds. The van der Waals surface area contributed by atoms with Gasteiger partial charge < -0.3 is 0 Å². The van der Waals surface area contributed by atoms with Crippen molar-refractivity contribution in [2.24, 2.45) is 0 Å². The van der Waals surface area contributed by atoms with Gasteiger partial charge in [-0.2, -0.15) is 0 Å². The van der Waals surface area contributed by atoms with Gasteiger partial charge >= 0.3 is 0 Å². The van der Waals surface area contributed by atoms with E-state index in [0.29, 0.717) is 4.83 Å². The predicted octanol–water partition coefficient (Wildman–Crippen LogP) is 2.77. The van der Waals surface area contributed by atoms with E-state index < -0.39 is 0 Å². The van der Waals surface area contributed by atoms with Gasteiger partial charge in [-0.1, -0.05) is 36.7 Å². The van der Waals surface area contributed by atoms with Crippen molar-refractivity contribution in [2.45, 2.75) is 32.0 Å². The van der Waals surface area contributed by atoms with Gasteiger partial charge in [0.1, 0.15) is 0 Å². The van der Waals surface area contributed by atoms with Crippen LogP contribution in [0.4, 0.5) is 0 Å². The van der Waals surface area contributed by atoms with E-state index in [-0.39, 0.29) is 0 Å². The molecule has 0 saturated carbocycles. The molecule has 1 unspecified atom stereocenters. The maximum atomic E-state index is 3.45. The number of alkyl halides is 1. The molecule has 0 saturated heterocycles. The van der Waals surface area contributed by atoms with Crippen LogP contribution in [0.3, 0.4) is 0 Å². The van der Waals surface area contributed by atoms with Crippen LogP contribution in [0.5, 0.6) is 0 Å². The summed E-state index contributed by atoms with van der Waals surface area (Å²) in [6.45, 7) is 6.46. The first-order valence-electron chi connectivity index (χ1n) is 2.56. The monoisotopic (exact) mass is 163 g/mol. The van der Waals surface area contributed by atoms with Crippen molar-refractivity contribution in [3.8, 4) is 0 Å². The van der Waals surface area contributed by atoms with Crippen LogP contribution in [0.15, 0.2) is 0 Å². The van der Waals surface area contributed by atoms with E-state index in [0.717, 1.165) is 0 Å². The first-order chi connectivity index (χ1) is 3.13. The fourth-order valence-corrected chi connectivity index (χ4v) is 1.21. The maximum Gasteiger partial charge on any atom is 0.0122 e. The van der Waals surface area contributed by atoms with Gasteiger partial charge in [0.05, 0.1) is 0 Å². The molecule has 7 heavy (non-hydrogen) atoms. The highest BCUT2D eigenvalue weighted by Gasteiger charge is 1.97. The van der Waals surface area contributed by atoms with Crippen LogP contribution in [0.1, 0.15) is 27.2 Å². The molecular weight excluding hydrogens is 152 g/mol. The fraction of sp³-hybridized carbons (Fsp3) is 0.833. The van der Waals surface area contributed by atoms with E-state index in [4.69, 9.17) is 0 Å². The molecule has 0 spiro atoms. The highest BCUT2D eigenvalue weighted by Crippen LogP contribution is 2.12. The summed E-state index contributed by atoms with van der Waals surface area (Å²) in [6.07, 6.45) is 1.19. The number of halogens is 1. The molecule has 0 aliphatic carbocycles. The molecule has 0 aliphatic rings. The molecule has 0 bridgehead atoms. The van der Waals surface area contributed by atoms with E-state index in [9.17, 15) is 0 Å². The molecule has 1 heteroatoms. The molecular formula is C6H12Br. The van der Waals surface area contributed by atoms with Gasteiger partial charge in [-0.05, 0) is 12.3 Å². The summed E-state index contributed by atoms with van der Waals surface area (Å²) in [5, 5.41) is 0. The topological polar surface area (TPSA) is 0 Å². The summed E-state index contributed by atoms with van der Waals surface area (Å²) in [6, 6.07) is 0. The lowest BCUT2D eigenvalue weighted by Gasteiger charge is -2.03. The minimum atomic E-state index is 0.650. The third-order valence-corrected chi connectivity index (χ3v) is 1.01. The third-order valence-electron chi connectivity index (χ3n) is 0.690. The van der Waals surface area contributed by atoms with Crippen LogP contribution < -0.4 is 0 Å². The van der Waals surface area contributed by atoms with Crippen molar-refractivity contribution in [2.75, 3.05) is 0 Å². The van der Waals surface area contributed by atoms with Gasteiger partial charge in [0.15, 0.2) is 0 Å². The summed E-state index contributed by atoms with van der Waals surface area (Å²) in [5.41, 5.74) is 0. The minimum absolute atomic E-state index is 0.650. The Morgan fingerprint density at radius 3 is 2.00 bits per heavy atom. The molecule has 1 radical (unpaired) electrons. The normalized spacial score (nSPS) is 15.0. The summed E-state index contributed by atoms with van der Waals surface area (Å²) in [5.74, 6) is 1.49. The van der Waals surface area contributed by atoms with E-state index in [1.807, 2.05) is 0 Å². The largest absolute Gasteiger partial charge is 0.0893 e. The zero-order chi connectivity index (χ0) is 5.86. The van der Waals surface area contributed by atoms with Gasteiger partial charge in [-0.25, -0.2) is 0 Å². The first kappa shape index (κ1) is 7.48. The second-order valence-corrected chi connectivity index (χ2v) is 3.76. The second-order valence-electron chi connectivity index (χ2n) is 2.19. The summed E-state index contributed by atoms with van der Waals surface area (Å²) in [7, 11) is 0. The molecule has 0 rings (SSSR count). The van der Waals surface area contributed by atoms with E-state index in [1.54, 1.807) is 0 Å². The van der Waals surface area contributed by atoms with Crippen LogP contribution in [0, 0.1) is 5.92 Å². The molecule has 0 aromatic rings. The third kappa shape index (κ3) is 6.48. The van der Waals surface area contributed by atoms with Crippen molar-refractivity contribution in [1.29, 1.82) is 0 Å². The van der Waals surface area contributed by atoms with Crippen LogP contribution in [-0.4, -0.2) is 4.83 Å². The molecule has 0 aromatic carbocycles. The van der Waals surface area contributed by atoms with Crippen molar-refractivity contribution in [3.05, 3.63) is 5.92 Å². The Hall–Kier alpha value is 0.480. The summed E-state index contributed by atoms with van der Waals surface area (Å²) in [4.78, 5) is 0.650. The van der Waals surface area contributed by atoms with Crippen molar-refractivity contribution in [1.82, 2.24) is 0 Å². The minimum Gasteiger partial charge on any atom is -0.0893 e. The second kappa shape index (κ2) is 3.48.